The third-order valence-corrected chi connectivity index (χ3v) is 3.93. The number of ether oxygens (including phenoxy) is 1. The van der Waals surface area contributed by atoms with Gasteiger partial charge < -0.3 is 14.2 Å². The molecule has 3 rings (SSSR count). The van der Waals surface area contributed by atoms with Crippen LogP contribution in [0.4, 0.5) is 4.79 Å². The summed E-state index contributed by atoms with van der Waals surface area (Å²) in [5, 5.41) is 0. The van der Waals surface area contributed by atoms with E-state index in [1.165, 1.54) is 0 Å². The Morgan fingerprint density at radius 1 is 1.30 bits per heavy atom. The molecule has 0 fully saturated rings. The van der Waals surface area contributed by atoms with Gasteiger partial charge >= 0.3 is 6.09 Å². The highest BCUT2D eigenvalue weighted by Crippen LogP contribution is 2.19. The maximum Gasteiger partial charge on any atom is 0.410 e. The summed E-state index contributed by atoms with van der Waals surface area (Å²) in [7, 11) is 0. The quantitative estimate of drug-likeness (QED) is 0.847. The molecule has 1 amide bonds. The molecule has 1 aliphatic rings. The number of amides is 1. The molecule has 104 valence electrons. The van der Waals surface area contributed by atoms with E-state index in [4.69, 9.17) is 4.74 Å². The number of benzene rings is 1. The monoisotopic (exact) mass is 335 g/mol. The second kappa shape index (κ2) is 5.66. The predicted octanol–water partition coefficient (Wildman–Crippen LogP) is 2.80. The number of imidazole rings is 1. The normalized spacial score (nSPS) is 13.9. The average Bonchev–Trinajstić information content (AvgIpc) is 2.87. The lowest BCUT2D eigenvalue weighted by Gasteiger charge is -2.27. The minimum absolute atomic E-state index is 0.280. The lowest BCUT2D eigenvalue weighted by molar-refractivity contribution is 0.0867. The first-order valence-corrected chi connectivity index (χ1v) is 7.19. The van der Waals surface area contributed by atoms with Gasteiger partial charge in [0.15, 0.2) is 4.73 Å². The first-order chi connectivity index (χ1) is 9.74. The molecule has 1 aliphatic heterocycles. The van der Waals surface area contributed by atoms with Crippen LogP contribution in [0, 0.1) is 0 Å². The van der Waals surface area contributed by atoms with Crippen LogP contribution in [-0.2, 0) is 24.4 Å². The number of hydrogen-bond acceptors (Lipinski definition) is 3. The van der Waals surface area contributed by atoms with Gasteiger partial charge in [-0.25, -0.2) is 9.78 Å². The van der Waals surface area contributed by atoms with Crippen LogP contribution in [0.25, 0.3) is 0 Å². The number of rotatable bonds is 2. The second-order valence-corrected chi connectivity index (χ2v) is 5.34. The van der Waals surface area contributed by atoms with Gasteiger partial charge in [-0.05, 0) is 21.5 Å². The van der Waals surface area contributed by atoms with Crippen molar-refractivity contribution in [1.82, 2.24) is 14.5 Å². The van der Waals surface area contributed by atoms with Crippen molar-refractivity contribution in [3.05, 3.63) is 52.5 Å². The molecule has 0 spiro atoms. The van der Waals surface area contributed by atoms with Crippen LogP contribution in [0.3, 0.4) is 0 Å². The lowest BCUT2D eigenvalue weighted by Crippen LogP contribution is -2.38. The van der Waals surface area contributed by atoms with E-state index in [0.29, 0.717) is 19.7 Å². The molecule has 0 atom stereocenters. The lowest BCUT2D eigenvalue weighted by atomic mass is 10.2. The molecule has 2 heterocycles. The molecular formula is C14H14BrN3O2. The van der Waals surface area contributed by atoms with Crippen molar-refractivity contribution in [2.24, 2.45) is 0 Å². The van der Waals surface area contributed by atoms with Crippen molar-refractivity contribution in [2.45, 2.75) is 19.7 Å². The first kappa shape index (κ1) is 13.2. The number of halogens is 1. The summed E-state index contributed by atoms with van der Waals surface area (Å²) >= 11 is 3.39. The highest BCUT2D eigenvalue weighted by Gasteiger charge is 2.23. The van der Waals surface area contributed by atoms with Crippen molar-refractivity contribution >= 4 is 22.0 Å². The molecule has 0 bridgehead atoms. The summed E-state index contributed by atoms with van der Waals surface area (Å²) < 4.78 is 8.20. The fourth-order valence-electron chi connectivity index (χ4n) is 2.21. The number of fused-ring (bicyclic) bond motifs is 1. The number of carbonyl (C=O) groups is 1. The van der Waals surface area contributed by atoms with Gasteiger partial charge in [-0.2, -0.15) is 0 Å². The zero-order valence-corrected chi connectivity index (χ0v) is 12.4. The average molecular weight is 336 g/mol. The highest BCUT2D eigenvalue weighted by atomic mass is 79.9. The van der Waals surface area contributed by atoms with Crippen LogP contribution >= 0.6 is 15.9 Å². The van der Waals surface area contributed by atoms with E-state index in [0.717, 1.165) is 22.5 Å². The summed E-state index contributed by atoms with van der Waals surface area (Å²) in [6.07, 6.45) is 1.50. The van der Waals surface area contributed by atoms with Gasteiger partial charge in [0, 0.05) is 13.1 Å². The smallest absolute Gasteiger partial charge is 0.410 e. The SMILES string of the molecule is O=C(OCc1ccccc1)N1CCn2c(cnc2Br)C1. The third-order valence-electron chi connectivity index (χ3n) is 3.30. The van der Waals surface area contributed by atoms with Crippen LogP contribution in [-0.4, -0.2) is 27.1 Å². The van der Waals surface area contributed by atoms with Gasteiger partial charge in [0.1, 0.15) is 6.61 Å². The van der Waals surface area contributed by atoms with E-state index >= 15 is 0 Å². The third kappa shape index (κ3) is 2.70. The van der Waals surface area contributed by atoms with Gasteiger partial charge in [-0.1, -0.05) is 30.3 Å². The van der Waals surface area contributed by atoms with Crippen molar-refractivity contribution in [3.8, 4) is 0 Å². The van der Waals surface area contributed by atoms with Gasteiger partial charge in [0.05, 0.1) is 18.4 Å². The topological polar surface area (TPSA) is 47.4 Å². The largest absolute Gasteiger partial charge is 0.445 e. The maximum atomic E-state index is 12.1. The Hall–Kier alpha value is -1.82. The highest BCUT2D eigenvalue weighted by molar-refractivity contribution is 9.10. The van der Waals surface area contributed by atoms with E-state index < -0.39 is 0 Å². The minimum Gasteiger partial charge on any atom is -0.445 e. The molecule has 0 aliphatic carbocycles. The Bertz CT molecular complexity index is 612. The summed E-state index contributed by atoms with van der Waals surface area (Å²) in [4.78, 5) is 17.9. The Balaban J connectivity index is 1.59. The van der Waals surface area contributed by atoms with Gasteiger partial charge in [0.25, 0.3) is 0 Å². The van der Waals surface area contributed by atoms with Crippen LogP contribution in [0.15, 0.2) is 41.3 Å². The number of carbonyl (C=O) groups excluding carboxylic acids is 1. The van der Waals surface area contributed by atoms with E-state index in [2.05, 4.69) is 25.5 Å². The summed E-state index contributed by atoms with van der Waals surface area (Å²) in [5.74, 6) is 0. The number of nitrogens with zero attached hydrogens (tertiary/aromatic N) is 3. The Kier molecular flexibility index (Phi) is 3.73. The summed E-state index contributed by atoms with van der Waals surface area (Å²) in [6, 6.07) is 9.68. The number of hydrogen-bond donors (Lipinski definition) is 0. The van der Waals surface area contributed by atoms with Gasteiger partial charge in [-0.3, -0.25) is 0 Å². The molecule has 5 nitrogen and oxygen atoms in total. The van der Waals surface area contributed by atoms with E-state index in [1.807, 2.05) is 30.3 Å². The van der Waals surface area contributed by atoms with Crippen molar-refractivity contribution in [2.75, 3.05) is 6.54 Å². The van der Waals surface area contributed by atoms with Crippen molar-refractivity contribution in [3.63, 3.8) is 0 Å². The molecule has 6 heteroatoms. The summed E-state index contributed by atoms with van der Waals surface area (Å²) in [6.45, 7) is 2.21. The van der Waals surface area contributed by atoms with Gasteiger partial charge in [-0.15, -0.1) is 0 Å². The Morgan fingerprint density at radius 2 is 2.10 bits per heavy atom. The minimum atomic E-state index is -0.280. The molecule has 20 heavy (non-hydrogen) atoms. The summed E-state index contributed by atoms with van der Waals surface area (Å²) in [5.41, 5.74) is 2.01. The fraction of sp³-hybridized carbons (Fsp3) is 0.286. The molecule has 1 aromatic heterocycles. The maximum absolute atomic E-state index is 12.1. The predicted molar refractivity (Wildman–Crippen MR) is 77.0 cm³/mol. The Morgan fingerprint density at radius 3 is 2.90 bits per heavy atom. The van der Waals surface area contributed by atoms with Crippen LogP contribution < -0.4 is 0 Å². The molecule has 0 radical (unpaired) electrons. The zero-order valence-electron chi connectivity index (χ0n) is 10.8. The molecule has 0 saturated heterocycles. The van der Waals surface area contributed by atoms with Crippen molar-refractivity contribution < 1.29 is 9.53 Å². The van der Waals surface area contributed by atoms with E-state index in [9.17, 15) is 4.79 Å². The molecule has 0 unspecified atom stereocenters. The van der Waals surface area contributed by atoms with Gasteiger partial charge in [0.2, 0.25) is 0 Å². The Labute approximate surface area is 125 Å². The van der Waals surface area contributed by atoms with E-state index in [1.54, 1.807) is 11.1 Å². The van der Waals surface area contributed by atoms with Crippen LogP contribution in [0.1, 0.15) is 11.3 Å². The molecular weight excluding hydrogens is 322 g/mol. The van der Waals surface area contributed by atoms with E-state index in [-0.39, 0.29) is 6.09 Å². The zero-order chi connectivity index (χ0) is 13.9. The molecule has 0 saturated carbocycles. The number of aromatic nitrogens is 2. The second-order valence-electron chi connectivity index (χ2n) is 4.63. The first-order valence-electron chi connectivity index (χ1n) is 6.39. The molecule has 2 aromatic rings. The van der Waals surface area contributed by atoms with Crippen molar-refractivity contribution in [1.29, 1.82) is 0 Å². The fourth-order valence-corrected chi connectivity index (χ4v) is 2.72. The van der Waals surface area contributed by atoms with Crippen LogP contribution in [0.2, 0.25) is 0 Å². The van der Waals surface area contributed by atoms with Crippen LogP contribution in [0.5, 0.6) is 0 Å². The molecule has 1 aromatic carbocycles. The standard InChI is InChI=1S/C14H14BrN3O2/c15-13-16-8-12-9-17(6-7-18(12)13)14(19)20-10-11-4-2-1-3-5-11/h1-5,8H,6-7,9-10H2. The molecule has 0 N–H and O–H groups in total.